The molecule has 0 spiro atoms. The molecule has 1 heterocycles. The summed E-state index contributed by atoms with van der Waals surface area (Å²) in [6.07, 6.45) is 0. The first kappa shape index (κ1) is 8.81. The fourth-order valence-corrected chi connectivity index (χ4v) is 1.44. The van der Waals surface area contributed by atoms with E-state index in [2.05, 4.69) is 0 Å². The third-order valence-corrected chi connectivity index (χ3v) is 2.36. The van der Waals surface area contributed by atoms with Gasteiger partial charge in [0, 0.05) is 18.0 Å². The Morgan fingerprint density at radius 1 is 1.43 bits per heavy atom. The molecule has 2 N–H and O–H groups in total. The van der Waals surface area contributed by atoms with Gasteiger partial charge in [-0.2, -0.15) is 0 Å². The lowest BCUT2D eigenvalue weighted by molar-refractivity contribution is 0.0989. The highest BCUT2D eigenvalue weighted by Gasteiger charge is 2.10. The second-order valence-corrected chi connectivity index (χ2v) is 3.36. The van der Waals surface area contributed by atoms with Gasteiger partial charge < -0.3 is 10.2 Å². The number of hydrogen-bond acceptors (Lipinski definition) is 3. The standard InChI is InChI=1S/C11H11NO2/c1-6-8-5-11(7(2)13)14-10(8)4-3-9(6)12/h3-5H,12H2,1-2H3. The third-order valence-electron chi connectivity index (χ3n) is 2.36. The van der Waals surface area contributed by atoms with Crippen molar-refractivity contribution in [3.8, 4) is 0 Å². The molecule has 0 aliphatic rings. The molecular weight excluding hydrogens is 178 g/mol. The second kappa shape index (κ2) is 2.87. The maximum Gasteiger partial charge on any atom is 0.194 e. The first-order chi connectivity index (χ1) is 6.59. The predicted octanol–water partition coefficient (Wildman–Crippen LogP) is 2.53. The number of benzene rings is 1. The van der Waals surface area contributed by atoms with Crippen LogP contribution in [0.25, 0.3) is 11.0 Å². The molecule has 2 rings (SSSR count). The molecule has 3 nitrogen and oxygen atoms in total. The minimum Gasteiger partial charge on any atom is -0.453 e. The number of nitrogens with two attached hydrogens (primary N) is 1. The summed E-state index contributed by atoms with van der Waals surface area (Å²) in [5.74, 6) is 0.313. The van der Waals surface area contributed by atoms with Crippen molar-refractivity contribution in [3.63, 3.8) is 0 Å². The van der Waals surface area contributed by atoms with Gasteiger partial charge in [-0.05, 0) is 30.7 Å². The molecule has 1 aromatic heterocycles. The fourth-order valence-electron chi connectivity index (χ4n) is 1.44. The normalized spacial score (nSPS) is 10.7. The van der Waals surface area contributed by atoms with Crippen LogP contribution in [0.5, 0.6) is 0 Å². The van der Waals surface area contributed by atoms with E-state index in [9.17, 15) is 4.79 Å². The van der Waals surface area contributed by atoms with E-state index in [-0.39, 0.29) is 5.78 Å². The summed E-state index contributed by atoms with van der Waals surface area (Å²) >= 11 is 0. The van der Waals surface area contributed by atoms with Gasteiger partial charge in [-0.15, -0.1) is 0 Å². The highest BCUT2D eigenvalue weighted by molar-refractivity contribution is 5.97. The van der Waals surface area contributed by atoms with Crippen molar-refractivity contribution in [2.75, 3.05) is 5.73 Å². The molecule has 2 aromatic rings. The number of anilines is 1. The van der Waals surface area contributed by atoms with Gasteiger partial charge in [0.05, 0.1) is 0 Å². The quantitative estimate of drug-likeness (QED) is 0.554. The highest BCUT2D eigenvalue weighted by atomic mass is 16.3. The van der Waals surface area contributed by atoms with Gasteiger partial charge >= 0.3 is 0 Å². The van der Waals surface area contributed by atoms with E-state index < -0.39 is 0 Å². The van der Waals surface area contributed by atoms with Crippen molar-refractivity contribution in [3.05, 3.63) is 29.5 Å². The van der Waals surface area contributed by atoms with Crippen LogP contribution in [0.1, 0.15) is 23.0 Å². The summed E-state index contributed by atoms with van der Waals surface area (Å²) < 4.78 is 5.36. The maximum absolute atomic E-state index is 11.1. The molecule has 0 fully saturated rings. The number of fused-ring (bicyclic) bond motifs is 1. The van der Waals surface area contributed by atoms with Crippen LogP contribution in [-0.2, 0) is 0 Å². The van der Waals surface area contributed by atoms with E-state index in [0.29, 0.717) is 17.0 Å². The lowest BCUT2D eigenvalue weighted by Gasteiger charge is -1.98. The number of rotatable bonds is 1. The molecule has 0 aliphatic carbocycles. The maximum atomic E-state index is 11.1. The number of ketones is 1. The zero-order valence-corrected chi connectivity index (χ0v) is 8.13. The lowest BCUT2D eigenvalue weighted by Crippen LogP contribution is -1.88. The number of Topliss-reactive ketones (excluding diaryl/α,β-unsaturated/α-hetero) is 1. The number of aryl methyl sites for hydroxylation is 1. The Balaban J connectivity index is 2.77. The van der Waals surface area contributed by atoms with Gasteiger partial charge in [0.1, 0.15) is 5.58 Å². The minimum atomic E-state index is -0.0702. The van der Waals surface area contributed by atoms with Crippen LogP contribution in [-0.4, -0.2) is 5.78 Å². The SMILES string of the molecule is CC(=O)c1cc2c(C)c(N)ccc2o1. The topological polar surface area (TPSA) is 56.2 Å². The number of furan rings is 1. The van der Waals surface area contributed by atoms with E-state index in [1.165, 1.54) is 6.92 Å². The molecule has 0 saturated carbocycles. The molecule has 72 valence electrons. The molecule has 3 heteroatoms. The Hall–Kier alpha value is -1.77. The molecule has 0 aliphatic heterocycles. The van der Waals surface area contributed by atoms with Crippen LogP contribution in [0.2, 0.25) is 0 Å². The monoisotopic (exact) mass is 189 g/mol. The van der Waals surface area contributed by atoms with Crippen molar-refractivity contribution >= 4 is 22.4 Å². The Labute approximate surface area is 81.5 Å². The zero-order valence-electron chi connectivity index (χ0n) is 8.13. The number of nitrogen functional groups attached to an aromatic ring is 1. The molecule has 0 saturated heterocycles. The smallest absolute Gasteiger partial charge is 0.194 e. The van der Waals surface area contributed by atoms with Gasteiger partial charge in [-0.25, -0.2) is 0 Å². The second-order valence-electron chi connectivity index (χ2n) is 3.36. The summed E-state index contributed by atoms with van der Waals surface area (Å²) in [7, 11) is 0. The summed E-state index contributed by atoms with van der Waals surface area (Å²) in [5, 5.41) is 0.912. The Kier molecular flexibility index (Phi) is 1.81. The lowest BCUT2D eigenvalue weighted by atomic mass is 10.1. The highest BCUT2D eigenvalue weighted by Crippen LogP contribution is 2.26. The van der Waals surface area contributed by atoms with E-state index in [4.69, 9.17) is 10.2 Å². The number of carbonyl (C=O) groups is 1. The predicted molar refractivity (Wildman–Crippen MR) is 55.4 cm³/mol. The van der Waals surface area contributed by atoms with Gasteiger partial charge in [-0.1, -0.05) is 0 Å². The summed E-state index contributed by atoms with van der Waals surface area (Å²) in [6.45, 7) is 3.40. The number of hydrogen-bond donors (Lipinski definition) is 1. The summed E-state index contributed by atoms with van der Waals surface area (Å²) in [5.41, 5.74) is 8.13. The van der Waals surface area contributed by atoms with Crippen molar-refractivity contribution < 1.29 is 9.21 Å². The van der Waals surface area contributed by atoms with Crippen LogP contribution in [0.3, 0.4) is 0 Å². The van der Waals surface area contributed by atoms with Gasteiger partial charge in [0.15, 0.2) is 11.5 Å². The first-order valence-corrected chi connectivity index (χ1v) is 4.39. The van der Waals surface area contributed by atoms with Gasteiger partial charge in [0.25, 0.3) is 0 Å². The van der Waals surface area contributed by atoms with Crippen LogP contribution in [0.15, 0.2) is 22.6 Å². The van der Waals surface area contributed by atoms with E-state index in [1.807, 2.05) is 6.92 Å². The van der Waals surface area contributed by atoms with E-state index >= 15 is 0 Å². The fraction of sp³-hybridized carbons (Fsp3) is 0.182. The van der Waals surface area contributed by atoms with Crippen LogP contribution in [0.4, 0.5) is 5.69 Å². The average Bonchev–Trinajstić information content (AvgIpc) is 2.56. The van der Waals surface area contributed by atoms with Crippen molar-refractivity contribution in [1.82, 2.24) is 0 Å². The summed E-state index contributed by atoms with van der Waals surface area (Å²) in [4.78, 5) is 11.1. The minimum absolute atomic E-state index is 0.0702. The van der Waals surface area contributed by atoms with Gasteiger partial charge in [0.2, 0.25) is 0 Å². The number of carbonyl (C=O) groups excluding carboxylic acids is 1. The first-order valence-electron chi connectivity index (χ1n) is 4.39. The Morgan fingerprint density at radius 3 is 2.79 bits per heavy atom. The van der Waals surface area contributed by atoms with Crippen molar-refractivity contribution in [2.24, 2.45) is 0 Å². The Morgan fingerprint density at radius 2 is 2.14 bits per heavy atom. The summed E-state index contributed by atoms with van der Waals surface area (Å²) in [6, 6.07) is 5.30. The molecular formula is C11H11NO2. The molecule has 1 aromatic carbocycles. The van der Waals surface area contributed by atoms with Crippen LogP contribution in [0, 0.1) is 6.92 Å². The zero-order chi connectivity index (χ0) is 10.3. The molecule has 0 amide bonds. The molecule has 0 unspecified atom stereocenters. The molecule has 0 atom stereocenters. The van der Waals surface area contributed by atoms with E-state index in [0.717, 1.165) is 10.9 Å². The molecule has 14 heavy (non-hydrogen) atoms. The van der Waals surface area contributed by atoms with Gasteiger partial charge in [-0.3, -0.25) is 4.79 Å². The van der Waals surface area contributed by atoms with Crippen molar-refractivity contribution in [2.45, 2.75) is 13.8 Å². The van der Waals surface area contributed by atoms with Crippen LogP contribution >= 0.6 is 0 Å². The largest absolute Gasteiger partial charge is 0.453 e. The average molecular weight is 189 g/mol. The Bertz CT molecular complexity index is 511. The van der Waals surface area contributed by atoms with E-state index in [1.54, 1.807) is 18.2 Å². The molecule has 0 bridgehead atoms. The van der Waals surface area contributed by atoms with Crippen molar-refractivity contribution in [1.29, 1.82) is 0 Å². The van der Waals surface area contributed by atoms with Crippen LogP contribution < -0.4 is 5.73 Å². The third kappa shape index (κ3) is 1.18. The molecule has 0 radical (unpaired) electrons.